The molecule has 29 heavy (non-hydrogen) atoms. The Balaban J connectivity index is 1.77. The summed E-state index contributed by atoms with van der Waals surface area (Å²) in [6, 6.07) is 15.4. The molecule has 3 N–H and O–H groups in total. The Morgan fingerprint density at radius 2 is 1.76 bits per heavy atom. The molecule has 0 radical (unpaired) electrons. The number of benzene rings is 2. The first-order valence-electron chi connectivity index (χ1n) is 9.99. The minimum absolute atomic E-state index is 0.0581. The maximum Gasteiger partial charge on any atom is 0.226 e. The second-order valence-corrected chi connectivity index (χ2v) is 7.42. The number of nitrogens with one attached hydrogen (secondary N) is 1. The molecule has 2 atom stereocenters. The van der Waals surface area contributed by atoms with Crippen molar-refractivity contribution in [3.63, 3.8) is 0 Å². The van der Waals surface area contributed by atoms with Gasteiger partial charge in [-0.05, 0) is 49.2 Å². The van der Waals surface area contributed by atoms with Crippen LogP contribution in [0.4, 0.5) is 11.4 Å². The van der Waals surface area contributed by atoms with Crippen molar-refractivity contribution in [2.45, 2.75) is 51.6 Å². The number of fused-ring (bicyclic) bond motifs is 1. The minimum atomic E-state index is -0.475. The van der Waals surface area contributed by atoms with Gasteiger partial charge in [0.05, 0.1) is 6.04 Å². The van der Waals surface area contributed by atoms with Crippen molar-refractivity contribution in [3.05, 3.63) is 59.7 Å². The SMILES string of the molecule is CCC(=O)N1c2ccccc2[C@H](Nc2ccc(C(=O)CCC(N)=O)cc2)C[C@@H]1C. The van der Waals surface area contributed by atoms with Gasteiger partial charge >= 0.3 is 0 Å². The van der Waals surface area contributed by atoms with Gasteiger partial charge in [-0.1, -0.05) is 25.1 Å². The van der Waals surface area contributed by atoms with Gasteiger partial charge < -0.3 is 16.0 Å². The molecule has 1 heterocycles. The van der Waals surface area contributed by atoms with Crippen LogP contribution >= 0.6 is 0 Å². The van der Waals surface area contributed by atoms with E-state index in [1.165, 1.54) is 0 Å². The van der Waals surface area contributed by atoms with E-state index in [0.29, 0.717) is 12.0 Å². The van der Waals surface area contributed by atoms with Crippen LogP contribution in [0.1, 0.15) is 61.5 Å². The summed E-state index contributed by atoms with van der Waals surface area (Å²) in [6.07, 6.45) is 1.45. The number of ketones is 1. The van der Waals surface area contributed by atoms with Crippen LogP contribution in [0.25, 0.3) is 0 Å². The maximum absolute atomic E-state index is 12.4. The van der Waals surface area contributed by atoms with Gasteiger partial charge in [-0.25, -0.2) is 0 Å². The van der Waals surface area contributed by atoms with E-state index in [2.05, 4.69) is 18.3 Å². The minimum Gasteiger partial charge on any atom is -0.378 e. The lowest BCUT2D eigenvalue weighted by Gasteiger charge is -2.40. The highest BCUT2D eigenvalue weighted by Gasteiger charge is 2.32. The molecule has 0 aliphatic carbocycles. The van der Waals surface area contributed by atoms with E-state index in [9.17, 15) is 14.4 Å². The standard InChI is InChI=1S/C23H27N3O3/c1-3-23(29)26-15(2)14-19(18-6-4-5-7-20(18)26)25-17-10-8-16(9-11-17)21(27)12-13-22(24)28/h4-11,15,19,25H,3,12-14H2,1-2H3,(H2,24,28)/t15-,19+/m0/s1. The highest BCUT2D eigenvalue weighted by Crippen LogP contribution is 2.39. The third kappa shape index (κ3) is 4.65. The molecule has 0 saturated heterocycles. The number of amides is 2. The quantitative estimate of drug-likeness (QED) is 0.700. The highest BCUT2D eigenvalue weighted by molar-refractivity contribution is 5.98. The molecule has 0 spiro atoms. The van der Waals surface area contributed by atoms with E-state index in [-0.39, 0.29) is 36.6 Å². The second kappa shape index (κ2) is 8.90. The van der Waals surface area contributed by atoms with Crippen LogP contribution in [-0.2, 0) is 9.59 Å². The van der Waals surface area contributed by atoms with Crippen LogP contribution in [0.3, 0.4) is 0 Å². The summed E-state index contributed by atoms with van der Waals surface area (Å²) in [5, 5.41) is 3.54. The van der Waals surface area contributed by atoms with Gasteiger partial charge in [-0.2, -0.15) is 0 Å². The molecule has 2 aromatic rings. The smallest absolute Gasteiger partial charge is 0.226 e. The Labute approximate surface area is 171 Å². The van der Waals surface area contributed by atoms with E-state index < -0.39 is 5.91 Å². The fraction of sp³-hybridized carbons (Fsp3) is 0.348. The van der Waals surface area contributed by atoms with E-state index in [1.807, 2.05) is 42.2 Å². The summed E-state index contributed by atoms with van der Waals surface area (Å²) in [5.74, 6) is -0.444. The lowest BCUT2D eigenvalue weighted by atomic mass is 9.91. The van der Waals surface area contributed by atoms with Crippen molar-refractivity contribution in [3.8, 4) is 0 Å². The number of carbonyl (C=O) groups is 3. The first kappa shape index (κ1) is 20.6. The van der Waals surface area contributed by atoms with Crippen molar-refractivity contribution >= 4 is 29.0 Å². The molecule has 0 saturated carbocycles. The lowest BCUT2D eigenvalue weighted by molar-refractivity contribution is -0.119. The zero-order valence-electron chi connectivity index (χ0n) is 16.9. The van der Waals surface area contributed by atoms with Crippen LogP contribution in [0.5, 0.6) is 0 Å². The molecule has 2 amide bonds. The van der Waals surface area contributed by atoms with E-state index in [0.717, 1.165) is 23.4 Å². The molecule has 0 fully saturated rings. The number of anilines is 2. The van der Waals surface area contributed by atoms with Crippen LogP contribution in [0.15, 0.2) is 48.5 Å². The molecule has 3 rings (SSSR count). The molecule has 1 aliphatic heterocycles. The Morgan fingerprint density at radius 3 is 2.41 bits per heavy atom. The number of hydrogen-bond donors (Lipinski definition) is 2. The lowest BCUT2D eigenvalue weighted by Crippen LogP contribution is -2.44. The molecule has 152 valence electrons. The second-order valence-electron chi connectivity index (χ2n) is 7.42. The molecule has 0 aromatic heterocycles. The van der Waals surface area contributed by atoms with Crippen molar-refractivity contribution < 1.29 is 14.4 Å². The monoisotopic (exact) mass is 393 g/mol. The number of nitrogens with two attached hydrogens (primary N) is 1. The summed E-state index contributed by atoms with van der Waals surface area (Å²) in [7, 11) is 0. The van der Waals surface area contributed by atoms with Gasteiger partial charge in [0.1, 0.15) is 0 Å². The normalized spacial score (nSPS) is 18.1. The van der Waals surface area contributed by atoms with Gasteiger partial charge in [-0.15, -0.1) is 0 Å². The van der Waals surface area contributed by atoms with Crippen LogP contribution in [-0.4, -0.2) is 23.6 Å². The molecule has 1 aliphatic rings. The van der Waals surface area contributed by atoms with E-state index in [1.54, 1.807) is 12.1 Å². The summed E-state index contributed by atoms with van der Waals surface area (Å²) in [4.78, 5) is 37.3. The number of Topliss-reactive ketones (excluding diaryl/α,β-unsaturated/α-hetero) is 1. The molecule has 2 aromatic carbocycles. The average molecular weight is 393 g/mol. The maximum atomic E-state index is 12.4. The first-order valence-corrected chi connectivity index (χ1v) is 9.99. The predicted octanol–water partition coefficient (Wildman–Crippen LogP) is 3.82. The summed E-state index contributed by atoms with van der Waals surface area (Å²) in [5.41, 5.74) is 8.62. The first-order chi connectivity index (χ1) is 13.9. The van der Waals surface area contributed by atoms with E-state index in [4.69, 9.17) is 5.73 Å². The number of primary amides is 1. The predicted molar refractivity (Wildman–Crippen MR) is 114 cm³/mol. The molecule has 6 heteroatoms. The largest absolute Gasteiger partial charge is 0.378 e. The summed E-state index contributed by atoms with van der Waals surface area (Å²) in [6.45, 7) is 3.95. The zero-order chi connectivity index (χ0) is 21.0. The molecule has 6 nitrogen and oxygen atoms in total. The number of hydrogen-bond acceptors (Lipinski definition) is 4. The topological polar surface area (TPSA) is 92.5 Å². The van der Waals surface area contributed by atoms with Crippen LogP contribution < -0.4 is 16.0 Å². The highest BCUT2D eigenvalue weighted by atomic mass is 16.2. The number of carbonyl (C=O) groups excluding carboxylic acids is 3. The molecular weight excluding hydrogens is 366 g/mol. The van der Waals surface area contributed by atoms with Gasteiger partial charge in [0.2, 0.25) is 11.8 Å². The fourth-order valence-corrected chi connectivity index (χ4v) is 3.83. The third-order valence-corrected chi connectivity index (χ3v) is 5.31. The van der Waals surface area contributed by atoms with Gasteiger partial charge in [0.15, 0.2) is 5.78 Å². The average Bonchev–Trinajstić information content (AvgIpc) is 2.72. The molecular formula is C23H27N3O3. The van der Waals surface area contributed by atoms with E-state index >= 15 is 0 Å². The Morgan fingerprint density at radius 1 is 1.07 bits per heavy atom. The number of para-hydroxylation sites is 1. The van der Waals surface area contributed by atoms with Crippen molar-refractivity contribution in [1.82, 2.24) is 0 Å². The van der Waals surface area contributed by atoms with Crippen molar-refractivity contribution in [2.75, 3.05) is 10.2 Å². The molecule has 0 unspecified atom stereocenters. The molecule has 0 bridgehead atoms. The number of nitrogens with zero attached hydrogens (tertiary/aromatic N) is 1. The summed E-state index contributed by atoms with van der Waals surface area (Å²) >= 11 is 0. The van der Waals surface area contributed by atoms with Gasteiger partial charge in [0, 0.05) is 42.2 Å². The third-order valence-electron chi connectivity index (χ3n) is 5.31. The summed E-state index contributed by atoms with van der Waals surface area (Å²) < 4.78 is 0. The van der Waals surface area contributed by atoms with Crippen molar-refractivity contribution in [2.24, 2.45) is 5.73 Å². The van der Waals surface area contributed by atoms with Crippen molar-refractivity contribution in [1.29, 1.82) is 0 Å². The zero-order valence-corrected chi connectivity index (χ0v) is 16.9. The van der Waals surface area contributed by atoms with Crippen LogP contribution in [0, 0.1) is 0 Å². The van der Waals surface area contributed by atoms with Gasteiger partial charge in [0.25, 0.3) is 0 Å². The fourth-order valence-electron chi connectivity index (χ4n) is 3.83. The Hall–Kier alpha value is -3.15. The number of rotatable bonds is 7. The van der Waals surface area contributed by atoms with Gasteiger partial charge in [-0.3, -0.25) is 14.4 Å². The van der Waals surface area contributed by atoms with Crippen LogP contribution in [0.2, 0.25) is 0 Å². The Kier molecular flexibility index (Phi) is 6.32. The Bertz CT molecular complexity index is 908.